The average Bonchev–Trinajstić information content (AvgIpc) is 3.09. The van der Waals surface area contributed by atoms with Gasteiger partial charge in [0, 0.05) is 27.7 Å². The Morgan fingerprint density at radius 1 is 1.30 bits per heavy atom. The van der Waals surface area contributed by atoms with Gasteiger partial charge in [-0.05, 0) is 49.5 Å². The van der Waals surface area contributed by atoms with Crippen LogP contribution in [0.1, 0.15) is 58.9 Å². The lowest BCUT2D eigenvalue weighted by Crippen LogP contribution is -2.03. The van der Waals surface area contributed by atoms with E-state index in [1.165, 1.54) is 47.4 Å². The average molecular weight is 324 g/mol. The van der Waals surface area contributed by atoms with Crippen molar-refractivity contribution in [2.45, 2.75) is 44.9 Å². The minimum Gasteiger partial charge on any atom is -0.321 e. The van der Waals surface area contributed by atoms with E-state index >= 15 is 0 Å². The van der Waals surface area contributed by atoms with E-state index in [0.717, 1.165) is 16.8 Å². The monoisotopic (exact) mass is 324 g/mol. The van der Waals surface area contributed by atoms with Crippen molar-refractivity contribution >= 4 is 34.6 Å². The normalized spacial score (nSPS) is 19.9. The van der Waals surface area contributed by atoms with E-state index in [9.17, 15) is 4.79 Å². The molecule has 1 aliphatic carbocycles. The molecule has 3 nitrogen and oxygen atoms in total. The summed E-state index contributed by atoms with van der Waals surface area (Å²) in [5.74, 6) is 0.686. The van der Waals surface area contributed by atoms with Crippen molar-refractivity contribution < 1.29 is 4.79 Å². The fourth-order valence-corrected chi connectivity index (χ4v) is 4.97. The van der Waals surface area contributed by atoms with Crippen LogP contribution in [0.2, 0.25) is 0 Å². The number of aryl methyl sites for hydroxylation is 1. The quantitative estimate of drug-likeness (QED) is 0.791. The number of nitrogens with one attached hydrogen (secondary N) is 1. The molecule has 4 heteroatoms. The molecule has 2 aromatic heterocycles. The van der Waals surface area contributed by atoms with Crippen LogP contribution in [0.25, 0.3) is 11.6 Å². The highest BCUT2D eigenvalue weighted by atomic mass is 32.1. The molecule has 0 bridgehead atoms. The topological polar surface area (TPSA) is 42.0 Å². The number of carbonyl (C=O) groups is 1. The van der Waals surface area contributed by atoms with Gasteiger partial charge in [0.2, 0.25) is 0 Å². The summed E-state index contributed by atoms with van der Waals surface area (Å²) in [5, 5.41) is 2.91. The summed E-state index contributed by atoms with van der Waals surface area (Å²) < 4.78 is 0. The highest BCUT2D eigenvalue weighted by Gasteiger charge is 2.25. The second-order valence-corrected chi connectivity index (χ2v) is 7.58. The van der Waals surface area contributed by atoms with Gasteiger partial charge >= 0.3 is 0 Å². The van der Waals surface area contributed by atoms with Gasteiger partial charge in [0.05, 0.1) is 11.3 Å². The van der Waals surface area contributed by atoms with E-state index < -0.39 is 0 Å². The molecule has 23 heavy (non-hydrogen) atoms. The third-order valence-corrected chi connectivity index (χ3v) is 6.19. The first-order valence-corrected chi connectivity index (χ1v) is 9.12. The van der Waals surface area contributed by atoms with Crippen LogP contribution in [-0.2, 0) is 4.79 Å². The number of fused-ring (bicyclic) bond motifs is 1. The van der Waals surface area contributed by atoms with Crippen molar-refractivity contribution in [3.63, 3.8) is 0 Å². The summed E-state index contributed by atoms with van der Waals surface area (Å²) in [4.78, 5) is 19.1. The number of nitrogens with zero attached hydrogens (tertiary/aromatic N) is 1. The maximum atomic E-state index is 12.2. The molecular formula is C19H20N2OS. The second-order valence-electron chi connectivity index (χ2n) is 6.46. The van der Waals surface area contributed by atoms with E-state index in [0.29, 0.717) is 5.92 Å². The molecule has 1 fully saturated rings. The lowest BCUT2D eigenvalue weighted by atomic mass is 9.87. The number of hydrogen-bond donors (Lipinski definition) is 1. The number of anilines is 1. The minimum absolute atomic E-state index is 0.0294. The molecule has 0 unspecified atom stereocenters. The maximum absolute atomic E-state index is 12.2. The molecule has 1 N–H and O–H groups in total. The number of thiophene rings is 1. The number of hydrogen-bond acceptors (Lipinski definition) is 3. The zero-order valence-corrected chi connectivity index (χ0v) is 14.1. The summed E-state index contributed by atoms with van der Waals surface area (Å²) in [5.41, 5.74) is 3.86. The number of pyridine rings is 1. The third-order valence-electron chi connectivity index (χ3n) is 4.84. The molecule has 1 aliphatic heterocycles. The summed E-state index contributed by atoms with van der Waals surface area (Å²) >= 11 is 1.85. The van der Waals surface area contributed by atoms with Crippen LogP contribution in [0.5, 0.6) is 0 Å². The molecule has 1 saturated carbocycles. The molecule has 0 atom stereocenters. The van der Waals surface area contributed by atoms with Crippen LogP contribution in [0.4, 0.5) is 5.69 Å². The standard InChI is InChI=1S/C19H20N2OS/c1-12-9-14(23-18(12)13-5-3-2-4-6-13)10-15-16-11-20-8-7-17(16)21-19(15)22/h7-11,13H,2-6H2,1H3,(H,21,22). The zero-order chi connectivity index (χ0) is 15.8. The first-order valence-electron chi connectivity index (χ1n) is 8.30. The van der Waals surface area contributed by atoms with Crippen LogP contribution in [-0.4, -0.2) is 10.9 Å². The summed E-state index contributed by atoms with van der Waals surface area (Å²) in [7, 11) is 0. The Morgan fingerprint density at radius 2 is 2.13 bits per heavy atom. The Balaban J connectivity index is 1.68. The van der Waals surface area contributed by atoms with Crippen molar-refractivity contribution in [2.24, 2.45) is 0 Å². The number of rotatable bonds is 2. The molecule has 4 rings (SSSR count). The van der Waals surface area contributed by atoms with Crippen molar-refractivity contribution in [2.75, 3.05) is 5.32 Å². The molecule has 3 heterocycles. The van der Waals surface area contributed by atoms with Crippen LogP contribution >= 0.6 is 11.3 Å². The summed E-state index contributed by atoms with van der Waals surface area (Å²) in [6.07, 6.45) is 12.2. The van der Waals surface area contributed by atoms with Gasteiger partial charge in [0.25, 0.3) is 5.91 Å². The molecule has 2 aliphatic rings. The highest BCUT2D eigenvalue weighted by molar-refractivity contribution is 7.13. The minimum atomic E-state index is -0.0294. The highest BCUT2D eigenvalue weighted by Crippen LogP contribution is 2.40. The summed E-state index contributed by atoms with van der Waals surface area (Å²) in [6.45, 7) is 2.20. The van der Waals surface area contributed by atoms with E-state index in [4.69, 9.17) is 0 Å². The number of aromatic nitrogens is 1. The van der Waals surface area contributed by atoms with Crippen molar-refractivity contribution in [3.05, 3.63) is 45.4 Å². The van der Waals surface area contributed by atoms with Crippen LogP contribution < -0.4 is 5.32 Å². The SMILES string of the molecule is Cc1cc(C=C2C(=O)Nc3ccncc32)sc1C1CCCCC1. The molecule has 1 amide bonds. The van der Waals surface area contributed by atoms with Gasteiger partial charge < -0.3 is 5.32 Å². The zero-order valence-electron chi connectivity index (χ0n) is 13.3. The molecule has 0 aromatic carbocycles. The van der Waals surface area contributed by atoms with Crippen LogP contribution in [0.15, 0.2) is 24.5 Å². The van der Waals surface area contributed by atoms with E-state index in [-0.39, 0.29) is 5.91 Å². The fraction of sp³-hybridized carbons (Fsp3) is 0.368. The van der Waals surface area contributed by atoms with Gasteiger partial charge in [-0.25, -0.2) is 0 Å². The van der Waals surface area contributed by atoms with E-state index in [2.05, 4.69) is 23.3 Å². The fourth-order valence-electron chi connectivity index (χ4n) is 3.68. The molecule has 0 saturated heterocycles. The van der Waals surface area contributed by atoms with Gasteiger partial charge in [-0.1, -0.05) is 19.3 Å². The molecule has 0 radical (unpaired) electrons. The second kappa shape index (κ2) is 5.93. The molecule has 118 valence electrons. The largest absolute Gasteiger partial charge is 0.321 e. The number of carbonyl (C=O) groups excluding carboxylic acids is 1. The van der Waals surface area contributed by atoms with Crippen molar-refractivity contribution in [1.29, 1.82) is 0 Å². The molecular weight excluding hydrogens is 304 g/mol. The lowest BCUT2D eigenvalue weighted by molar-refractivity contribution is -0.110. The third kappa shape index (κ3) is 2.72. The van der Waals surface area contributed by atoms with Gasteiger partial charge in [0.15, 0.2) is 0 Å². The Labute approximate surface area is 140 Å². The first kappa shape index (κ1) is 14.6. The van der Waals surface area contributed by atoms with Gasteiger partial charge in [-0.3, -0.25) is 9.78 Å². The van der Waals surface area contributed by atoms with Crippen molar-refractivity contribution in [1.82, 2.24) is 4.98 Å². The smallest absolute Gasteiger partial charge is 0.256 e. The molecule has 0 spiro atoms. The van der Waals surface area contributed by atoms with E-state index in [1.807, 2.05) is 23.5 Å². The van der Waals surface area contributed by atoms with Crippen molar-refractivity contribution in [3.8, 4) is 0 Å². The first-order chi connectivity index (χ1) is 11.2. The van der Waals surface area contributed by atoms with Crippen LogP contribution in [0, 0.1) is 6.92 Å². The van der Waals surface area contributed by atoms with E-state index in [1.54, 1.807) is 12.4 Å². The Morgan fingerprint density at radius 3 is 2.96 bits per heavy atom. The predicted octanol–water partition coefficient (Wildman–Crippen LogP) is 4.99. The Hall–Kier alpha value is -1.94. The van der Waals surface area contributed by atoms with Gasteiger partial charge in [0.1, 0.15) is 0 Å². The van der Waals surface area contributed by atoms with Gasteiger partial charge in [-0.15, -0.1) is 11.3 Å². The van der Waals surface area contributed by atoms with Crippen LogP contribution in [0.3, 0.4) is 0 Å². The Bertz CT molecular complexity index is 784. The Kier molecular flexibility index (Phi) is 3.77. The molecule has 2 aromatic rings. The number of amides is 1. The van der Waals surface area contributed by atoms with Gasteiger partial charge in [-0.2, -0.15) is 0 Å². The predicted molar refractivity (Wildman–Crippen MR) is 95.6 cm³/mol. The maximum Gasteiger partial charge on any atom is 0.256 e. The summed E-state index contributed by atoms with van der Waals surface area (Å²) in [6, 6.07) is 4.07. The lowest BCUT2D eigenvalue weighted by Gasteiger charge is -2.21.